The van der Waals surface area contributed by atoms with E-state index in [4.69, 9.17) is 0 Å². The molecule has 2 amide bonds. The van der Waals surface area contributed by atoms with Crippen molar-refractivity contribution in [2.45, 2.75) is 19.8 Å². The van der Waals surface area contributed by atoms with Crippen molar-refractivity contribution in [2.75, 3.05) is 29.9 Å². The maximum absolute atomic E-state index is 12.1. The summed E-state index contributed by atoms with van der Waals surface area (Å²) in [7, 11) is 0. The Morgan fingerprint density at radius 1 is 1.38 bits per heavy atom. The molecule has 1 unspecified atom stereocenters. The molecule has 0 saturated carbocycles. The van der Waals surface area contributed by atoms with E-state index in [0.717, 1.165) is 49.4 Å². The highest BCUT2D eigenvalue weighted by atomic mass is 35.5. The summed E-state index contributed by atoms with van der Waals surface area (Å²) < 4.78 is 0. The monoisotopic (exact) mass is 309 g/mol. The second-order valence-corrected chi connectivity index (χ2v) is 5.44. The minimum Gasteiger partial charge on any atom is -0.326 e. The van der Waals surface area contributed by atoms with Crippen molar-refractivity contribution in [1.82, 2.24) is 5.32 Å². The van der Waals surface area contributed by atoms with Gasteiger partial charge in [0, 0.05) is 31.4 Å². The fourth-order valence-electron chi connectivity index (χ4n) is 2.93. The van der Waals surface area contributed by atoms with Crippen molar-refractivity contribution in [3.8, 4) is 0 Å². The molecule has 1 saturated heterocycles. The SMILES string of the molecule is CC(=O)N1CCc2cc(NC(=O)C3CCNC3)ccc21.Cl. The van der Waals surface area contributed by atoms with Crippen LogP contribution in [0.25, 0.3) is 0 Å². The van der Waals surface area contributed by atoms with Gasteiger partial charge in [0.1, 0.15) is 0 Å². The summed E-state index contributed by atoms with van der Waals surface area (Å²) in [6.45, 7) is 3.98. The highest BCUT2D eigenvalue weighted by Gasteiger charge is 2.24. The predicted molar refractivity (Wildman–Crippen MR) is 85.0 cm³/mol. The number of amides is 2. The summed E-state index contributed by atoms with van der Waals surface area (Å²) in [5, 5.41) is 6.17. The Morgan fingerprint density at radius 2 is 2.19 bits per heavy atom. The fourth-order valence-corrected chi connectivity index (χ4v) is 2.93. The number of hydrogen-bond donors (Lipinski definition) is 2. The highest BCUT2D eigenvalue weighted by molar-refractivity contribution is 5.96. The van der Waals surface area contributed by atoms with E-state index in [1.165, 1.54) is 0 Å². The van der Waals surface area contributed by atoms with Crippen LogP contribution in [-0.2, 0) is 16.0 Å². The van der Waals surface area contributed by atoms with Crippen LogP contribution in [-0.4, -0.2) is 31.4 Å². The van der Waals surface area contributed by atoms with Gasteiger partial charge in [0.2, 0.25) is 11.8 Å². The van der Waals surface area contributed by atoms with Crippen LogP contribution in [0.1, 0.15) is 18.9 Å². The summed E-state index contributed by atoms with van der Waals surface area (Å²) in [6.07, 6.45) is 1.75. The summed E-state index contributed by atoms with van der Waals surface area (Å²) in [4.78, 5) is 25.3. The minimum atomic E-state index is 0. The van der Waals surface area contributed by atoms with E-state index in [9.17, 15) is 9.59 Å². The van der Waals surface area contributed by atoms with Gasteiger partial charge in [-0.05, 0) is 43.1 Å². The van der Waals surface area contributed by atoms with Crippen LogP contribution in [0.4, 0.5) is 11.4 Å². The molecule has 1 aromatic rings. The molecule has 21 heavy (non-hydrogen) atoms. The van der Waals surface area contributed by atoms with Crippen molar-refractivity contribution >= 4 is 35.6 Å². The van der Waals surface area contributed by atoms with Crippen LogP contribution in [0.3, 0.4) is 0 Å². The van der Waals surface area contributed by atoms with E-state index >= 15 is 0 Å². The van der Waals surface area contributed by atoms with E-state index in [1.807, 2.05) is 18.2 Å². The summed E-state index contributed by atoms with van der Waals surface area (Å²) >= 11 is 0. The number of halogens is 1. The number of benzene rings is 1. The first-order valence-corrected chi connectivity index (χ1v) is 7.08. The molecule has 3 rings (SSSR count). The molecule has 0 aliphatic carbocycles. The van der Waals surface area contributed by atoms with Gasteiger partial charge in [-0.25, -0.2) is 0 Å². The average molecular weight is 310 g/mol. The summed E-state index contributed by atoms with van der Waals surface area (Å²) in [5.41, 5.74) is 2.92. The standard InChI is InChI=1S/C15H19N3O2.ClH/c1-10(19)18-7-5-11-8-13(2-3-14(11)18)17-15(20)12-4-6-16-9-12;/h2-3,8,12,16H,4-7,9H2,1H3,(H,17,20);1H. The van der Waals surface area contributed by atoms with Crippen molar-refractivity contribution in [2.24, 2.45) is 5.92 Å². The van der Waals surface area contributed by atoms with Crippen molar-refractivity contribution in [3.63, 3.8) is 0 Å². The Hall–Kier alpha value is -1.59. The average Bonchev–Trinajstić information content (AvgIpc) is 3.07. The lowest BCUT2D eigenvalue weighted by Gasteiger charge is -2.15. The van der Waals surface area contributed by atoms with Crippen LogP contribution in [0, 0.1) is 5.92 Å². The first-order chi connectivity index (χ1) is 9.65. The first kappa shape index (κ1) is 15.8. The zero-order chi connectivity index (χ0) is 14.1. The lowest BCUT2D eigenvalue weighted by molar-refractivity contribution is -0.119. The number of rotatable bonds is 2. The van der Waals surface area contributed by atoms with E-state index in [0.29, 0.717) is 0 Å². The largest absolute Gasteiger partial charge is 0.326 e. The lowest BCUT2D eigenvalue weighted by atomic mass is 10.1. The molecule has 2 aliphatic heterocycles. The number of nitrogens with zero attached hydrogens (tertiary/aromatic N) is 1. The molecule has 6 heteroatoms. The highest BCUT2D eigenvalue weighted by Crippen LogP contribution is 2.30. The number of anilines is 2. The maximum atomic E-state index is 12.1. The Morgan fingerprint density at radius 3 is 2.86 bits per heavy atom. The second-order valence-electron chi connectivity index (χ2n) is 5.44. The third-order valence-corrected chi connectivity index (χ3v) is 4.05. The smallest absolute Gasteiger partial charge is 0.228 e. The second kappa shape index (κ2) is 6.45. The zero-order valence-electron chi connectivity index (χ0n) is 12.0. The Bertz CT molecular complexity index is 556. The van der Waals surface area contributed by atoms with Gasteiger partial charge in [-0.3, -0.25) is 9.59 Å². The van der Waals surface area contributed by atoms with Gasteiger partial charge in [-0.1, -0.05) is 0 Å². The molecule has 114 valence electrons. The van der Waals surface area contributed by atoms with Crippen LogP contribution >= 0.6 is 12.4 Å². The Balaban J connectivity index is 0.00000161. The van der Waals surface area contributed by atoms with E-state index < -0.39 is 0 Å². The van der Waals surface area contributed by atoms with Crippen LogP contribution in [0.2, 0.25) is 0 Å². The van der Waals surface area contributed by atoms with E-state index in [1.54, 1.807) is 11.8 Å². The van der Waals surface area contributed by atoms with Crippen LogP contribution in [0.15, 0.2) is 18.2 Å². The molecule has 1 atom stereocenters. The molecule has 0 bridgehead atoms. The maximum Gasteiger partial charge on any atom is 0.228 e. The molecule has 1 fully saturated rings. The molecular formula is C15H20ClN3O2. The Kier molecular flexibility index (Phi) is 4.85. The van der Waals surface area contributed by atoms with Crippen molar-refractivity contribution in [1.29, 1.82) is 0 Å². The van der Waals surface area contributed by atoms with Gasteiger partial charge in [0.15, 0.2) is 0 Å². The first-order valence-electron chi connectivity index (χ1n) is 7.08. The van der Waals surface area contributed by atoms with Gasteiger partial charge < -0.3 is 15.5 Å². The third-order valence-electron chi connectivity index (χ3n) is 4.05. The normalized spacial score (nSPS) is 19.9. The number of nitrogens with one attached hydrogen (secondary N) is 2. The van der Waals surface area contributed by atoms with Crippen LogP contribution < -0.4 is 15.5 Å². The predicted octanol–water partition coefficient (Wildman–Crippen LogP) is 1.57. The topological polar surface area (TPSA) is 61.4 Å². The number of hydrogen-bond acceptors (Lipinski definition) is 3. The molecule has 2 aliphatic rings. The van der Waals surface area contributed by atoms with Crippen molar-refractivity contribution < 1.29 is 9.59 Å². The van der Waals surface area contributed by atoms with E-state index in [-0.39, 0.29) is 30.1 Å². The number of carbonyl (C=O) groups excluding carboxylic acids is 2. The summed E-state index contributed by atoms with van der Waals surface area (Å²) in [5.74, 6) is 0.214. The lowest BCUT2D eigenvalue weighted by Crippen LogP contribution is -2.26. The molecule has 2 heterocycles. The molecule has 0 aromatic heterocycles. The van der Waals surface area contributed by atoms with Gasteiger partial charge in [-0.15, -0.1) is 12.4 Å². The molecular weight excluding hydrogens is 290 g/mol. The quantitative estimate of drug-likeness (QED) is 0.871. The van der Waals surface area contributed by atoms with E-state index in [2.05, 4.69) is 10.6 Å². The molecule has 2 N–H and O–H groups in total. The van der Waals surface area contributed by atoms with Gasteiger partial charge in [0.25, 0.3) is 0 Å². The fraction of sp³-hybridized carbons (Fsp3) is 0.467. The summed E-state index contributed by atoms with van der Waals surface area (Å²) in [6, 6.07) is 5.78. The molecule has 5 nitrogen and oxygen atoms in total. The van der Waals surface area contributed by atoms with Gasteiger partial charge in [-0.2, -0.15) is 0 Å². The van der Waals surface area contributed by atoms with Crippen molar-refractivity contribution in [3.05, 3.63) is 23.8 Å². The Labute approximate surface area is 130 Å². The van der Waals surface area contributed by atoms with Crippen LogP contribution in [0.5, 0.6) is 0 Å². The molecule has 1 aromatic carbocycles. The molecule has 0 spiro atoms. The number of fused-ring (bicyclic) bond motifs is 1. The number of carbonyl (C=O) groups is 2. The zero-order valence-corrected chi connectivity index (χ0v) is 12.8. The third kappa shape index (κ3) is 3.19. The molecule has 0 radical (unpaired) electrons. The van der Waals surface area contributed by atoms with Gasteiger partial charge >= 0.3 is 0 Å². The minimum absolute atomic E-state index is 0. The van der Waals surface area contributed by atoms with Gasteiger partial charge in [0.05, 0.1) is 5.92 Å².